The molecule has 0 bridgehead atoms. The van der Waals surface area contributed by atoms with E-state index in [1.807, 2.05) is 18.3 Å². The van der Waals surface area contributed by atoms with Crippen molar-refractivity contribution in [3.63, 3.8) is 0 Å². The molecule has 0 amide bonds. The Labute approximate surface area is 91.1 Å². The average Bonchev–Trinajstić information content (AvgIpc) is 2.55. The number of imidazole rings is 1. The van der Waals surface area contributed by atoms with E-state index >= 15 is 0 Å². The quantitative estimate of drug-likeness (QED) is 0.891. The van der Waals surface area contributed by atoms with Gasteiger partial charge in [0.1, 0.15) is 5.82 Å². The van der Waals surface area contributed by atoms with Gasteiger partial charge in [-0.2, -0.15) is 0 Å². The van der Waals surface area contributed by atoms with Gasteiger partial charge in [-0.15, -0.1) is 0 Å². The van der Waals surface area contributed by atoms with Crippen LogP contribution in [0.3, 0.4) is 0 Å². The summed E-state index contributed by atoms with van der Waals surface area (Å²) in [7, 11) is 0. The maximum Gasteiger partial charge on any atom is 0.113 e. The van der Waals surface area contributed by atoms with E-state index in [2.05, 4.69) is 32.2 Å². The van der Waals surface area contributed by atoms with Crippen molar-refractivity contribution >= 4 is 21.4 Å². The SMILES string of the molecule is CCc1nc(CN)c2cc(Br)ccn12. The number of aryl methyl sites for hydroxylation is 1. The lowest BCUT2D eigenvalue weighted by Crippen LogP contribution is -1.97. The van der Waals surface area contributed by atoms with E-state index in [0.29, 0.717) is 6.54 Å². The number of halogens is 1. The molecule has 2 rings (SSSR count). The van der Waals surface area contributed by atoms with Crippen LogP contribution in [0.4, 0.5) is 0 Å². The molecule has 0 saturated heterocycles. The number of hydrogen-bond donors (Lipinski definition) is 1. The third-order valence-electron chi connectivity index (χ3n) is 2.26. The van der Waals surface area contributed by atoms with E-state index in [-0.39, 0.29) is 0 Å². The predicted molar refractivity (Wildman–Crippen MR) is 60.2 cm³/mol. The first kappa shape index (κ1) is 9.68. The van der Waals surface area contributed by atoms with Crippen LogP contribution >= 0.6 is 15.9 Å². The van der Waals surface area contributed by atoms with Gasteiger partial charge < -0.3 is 10.1 Å². The molecule has 0 spiro atoms. The van der Waals surface area contributed by atoms with Crippen LogP contribution in [0.25, 0.3) is 5.52 Å². The Bertz CT molecular complexity index is 462. The number of rotatable bonds is 2. The van der Waals surface area contributed by atoms with E-state index in [0.717, 1.165) is 27.9 Å². The van der Waals surface area contributed by atoms with Crippen molar-refractivity contribution in [3.8, 4) is 0 Å². The molecule has 0 radical (unpaired) electrons. The molecule has 2 aromatic rings. The van der Waals surface area contributed by atoms with Crippen LogP contribution < -0.4 is 5.73 Å². The Kier molecular flexibility index (Phi) is 2.56. The third kappa shape index (κ3) is 1.44. The Morgan fingerprint density at radius 2 is 2.36 bits per heavy atom. The highest BCUT2D eigenvalue weighted by Crippen LogP contribution is 2.18. The highest BCUT2D eigenvalue weighted by atomic mass is 79.9. The van der Waals surface area contributed by atoms with Crippen LogP contribution in [0, 0.1) is 0 Å². The summed E-state index contributed by atoms with van der Waals surface area (Å²) in [5, 5.41) is 0. The lowest BCUT2D eigenvalue weighted by Gasteiger charge is -1.98. The van der Waals surface area contributed by atoms with Crippen molar-refractivity contribution in [2.45, 2.75) is 19.9 Å². The third-order valence-corrected chi connectivity index (χ3v) is 2.76. The second-order valence-electron chi connectivity index (χ2n) is 3.13. The Hall–Kier alpha value is -0.870. The number of fused-ring (bicyclic) bond motifs is 1. The van der Waals surface area contributed by atoms with Gasteiger partial charge in [-0.05, 0) is 12.1 Å². The van der Waals surface area contributed by atoms with Crippen molar-refractivity contribution in [3.05, 3.63) is 34.3 Å². The lowest BCUT2D eigenvalue weighted by molar-refractivity contribution is 0.915. The average molecular weight is 254 g/mol. The summed E-state index contributed by atoms with van der Waals surface area (Å²) in [6.07, 6.45) is 2.94. The molecule has 0 fully saturated rings. The molecule has 3 nitrogen and oxygen atoms in total. The van der Waals surface area contributed by atoms with Crippen molar-refractivity contribution in [2.75, 3.05) is 0 Å². The molecule has 0 saturated carbocycles. The van der Waals surface area contributed by atoms with Crippen LogP contribution in [0.15, 0.2) is 22.8 Å². The Morgan fingerprint density at radius 3 is 3.00 bits per heavy atom. The molecule has 14 heavy (non-hydrogen) atoms. The highest BCUT2D eigenvalue weighted by molar-refractivity contribution is 9.10. The Balaban J connectivity index is 2.75. The van der Waals surface area contributed by atoms with Gasteiger partial charge in [0.2, 0.25) is 0 Å². The van der Waals surface area contributed by atoms with Gasteiger partial charge in [0, 0.05) is 23.6 Å². The van der Waals surface area contributed by atoms with E-state index in [1.165, 1.54) is 0 Å². The summed E-state index contributed by atoms with van der Waals surface area (Å²) in [6.45, 7) is 2.58. The normalized spacial score (nSPS) is 11.1. The standard InChI is InChI=1S/C10H12BrN3/c1-2-10-13-8(6-12)9-5-7(11)3-4-14(9)10/h3-5H,2,6,12H2,1H3. The van der Waals surface area contributed by atoms with Crippen molar-refractivity contribution in [1.82, 2.24) is 9.38 Å². The van der Waals surface area contributed by atoms with Gasteiger partial charge >= 0.3 is 0 Å². The van der Waals surface area contributed by atoms with Gasteiger partial charge in [-0.25, -0.2) is 4.98 Å². The van der Waals surface area contributed by atoms with E-state index in [4.69, 9.17) is 5.73 Å². The van der Waals surface area contributed by atoms with Crippen molar-refractivity contribution in [1.29, 1.82) is 0 Å². The predicted octanol–water partition coefficient (Wildman–Crippen LogP) is 2.12. The van der Waals surface area contributed by atoms with Crippen LogP contribution in [-0.4, -0.2) is 9.38 Å². The number of hydrogen-bond acceptors (Lipinski definition) is 2. The molecule has 2 N–H and O–H groups in total. The minimum absolute atomic E-state index is 0.486. The molecule has 4 heteroatoms. The molecular weight excluding hydrogens is 242 g/mol. The second-order valence-corrected chi connectivity index (χ2v) is 4.05. The zero-order valence-corrected chi connectivity index (χ0v) is 9.58. The van der Waals surface area contributed by atoms with Gasteiger partial charge in [0.15, 0.2) is 0 Å². The number of nitrogens with zero attached hydrogens (tertiary/aromatic N) is 2. The summed E-state index contributed by atoms with van der Waals surface area (Å²) >= 11 is 3.45. The summed E-state index contributed by atoms with van der Waals surface area (Å²) in [4.78, 5) is 4.48. The first-order chi connectivity index (χ1) is 6.76. The molecular formula is C10H12BrN3. The van der Waals surface area contributed by atoms with E-state index < -0.39 is 0 Å². The molecule has 2 heterocycles. The molecule has 0 atom stereocenters. The van der Waals surface area contributed by atoms with Gasteiger partial charge in [-0.1, -0.05) is 22.9 Å². The van der Waals surface area contributed by atoms with Crippen LogP contribution in [0.1, 0.15) is 18.4 Å². The fraction of sp³-hybridized carbons (Fsp3) is 0.300. The maximum atomic E-state index is 5.64. The number of nitrogens with two attached hydrogens (primary N) is 1. The lowest BCUT2D eigenvalue weighted by atomic mass is 10.3. The zero-order valence-electron chi connectivity index (χ0n) is 8.00. The zero-order chi connectivity index (χ0) is 10.1. The minimum atomic E-state index is 0.486. The molecule has 0 aliphatic carbocycles. The van der Waals surface area contributed by atoms with Gasteiger partial charge in [-0.3, -0.25) is 0 Å². The molecule has 0 aromatic carbocycles. The number of pyridine rings is 1. The van der Waals surface area contributed by atoms with Crippen LogP contribution in [-0.2, 0) is 13.0 Å². The van der Waals surface area contributed by atoms with E-state index in [9.17, 15) is 0 Å². The first-order valence-corrected chi connectivity index (χ1v) is 5.41. The van der Waals surface area contributed by atoms with E-state index in [1.54, 1.807) is 0 Å². The molecule has 0 aliphatic heterocycles. The second kappa shape index (κ2) is 3.71. The summed E-state index contributed by atoms with van der Waals surface area (Å²) in [6, 6.07) is 4.06. The summed E-state index contributed by atoms with van der Waals surface area (Å²) in [5.74, 6) is 1.06. The maximum absolute atomic E-state index is 5.64. The highest BCUT2D eigenvalue weighted by Gasteiger charge is 2.07. The minimum Gasteiger partial charge on any atom is -0.325 e. The van der Waals surface area contributed by atoms with Crippen LogP contribution in [0.2, 0.25) is 0 Å². The molecule has 2 aromatic heterocycles. The van der Waals surface area contributed by atoms with Crippen LogP contribution in [0.5, 0.6) is 0 Å². The Morgan fingerprint density at radius 1 is 1.57 bits per heavy atom. The summed E-state index contributed by atoms with van der Waals surface area (Å²) in [5.41, 5.74) is 7.70. The van der Waals surface area contributed by atoms with Gasteiger partial charge in [0.25, 0.3) is 0 Å². The van der Waals surface area contributed by atoms with Gasteiger partial charge in [0.05, 0.1) is 11.2 Å². The smallest absolute Gasteiger partial charge is 0.113 e. The largest absolute Gasteiger partial charge is 0.325 e. The molecule has 74 valence electrons. The summed E-state index contributed by atoms with van der Waals surface area (Å²) < 4.78 is 3.15. The fourth-order valence-corrected chi connectivity index (χ4v) is 1.92. The molecule has 0 unspecified atom stereocenters. The first-order valence-electron chi connectivity index (χ1n) is 4.61. The van der Waals surface area contributed by atoms with Crippen molar-refractivity contribution < 1.29 is 0 Å². The monoisotopic (exact) mass is 253 g/mol. The molecule has 0 aliphatic rings. The number of aromatic nitrogens is 2. The fourth-order valence-electron chi connectivity index (χ4n) is 1.59. The van der Waals surface area contributed by atoms with Crippen molar-refractivity contribution in [2.24, 2.45) is 5.73 Å². The topological polar surface area (TPSA) is 43.3 Å².